The first kappa shape index (κ1) is 14.6. The normalized spacial score (nSPS) is 15.2. The van der Waals surface area contributed by atoms with Crippen molar-refractivity contribution in [2.45, 2.75) is 26.2 Å². The van der Waals surface area contributed by atoms with Gasteiger partial charge in [0.05, 0.1) is 6.61 Å². The number of hydrogen-bond donors (Lipinski definition) is 0. The van der Waals surface area contributed by atoms with Crippen LogP contribution in [0.25, 0.3) is 0 Å². The van der Waals surface area contributed by atoms with Crippen molar-refractivity contribution in [1.82, 2.24) is 0 Å². The van der Waals surface area contributed by atoms with Gasteiger partial charge in [-0.15, -0.1) is 0 Å². The van der Waals surface area contributed by atoms with Crippen LogP contribution < -0.4 is 4.89 Å². The summed E-state index contributed by atoms with van der Waals surface area (Å²) in [7, 11) is 0. The molecule has 0 aliphatic carbocycles. The van der Waals surface area contributed by atoms with Crippen LogP contribution in [0.1, 0.15) is 26.2 Å². The monoisotopic (exact) mass is 246 g/mol. The van der Waals surface area contributed by atoms with Gasteiger partial charge in [0.25, 0.3) is 0 Å². The van der Waals surface area contributed by atoms with Gasteiger partial charge in [0.2, 0.25) is 0 Å². The van der Waals surface area contributed by atoms with Crippen LogP contribution in [-0.2, 0) is 40.8 Å². The summed E-state index contributed by atoms with van der Waals surface area (Å²) in [4.78, 5) is 10.2. The number of unbranched alkanes of at least 4 members (excludes halogenated alkanes) is 2. The van der Waals surface area contributed by atoms with Crippen LogP contribution in [0.5, 0.6) is 0 Å². The maximum absolute atomic E-state index is 10.2. The molecule has 1 unspecified atom stereocenters. The van der Waals surface area contributed by atoms with Crippen LogP contribution in [0.3, 0.4) is 0 Å². The van der Waals surface area contributed by atoms with Crippen molar-refractivity contribution in [3.05, 3.63) is 0 Å². The van der Waals surface area contributed by atoms with E-state index in [1.54, 1.807) is 0 Å². The Balaban J connectivity index is 0. The van der Waals surface area contributed by atoms with Crippen LogP contribution >= 0.6 is 6.80 Å². The molecule has 62 valence electrons. The summed E-state index contributed by atoms with van der Waals surface area (Å²) >= 11 is 4.01. The van der Waals surface area contributed by atoms with Crippen LogP contribution in [0.4, 0.5) is 0 Å². The predicted molar refractivity (Wildman–Crippen MR) is 40.4 cm³/mol. The first-order valence-corrected chi connectivity index (χ1v) is 5.78. The van der Waals surface area contributed by atoms with Gasteiger partial charge in [0.15, 0.2) is 0 Å². The Morgan fingerprint density at radius 2 is 2.09 bits per heavy atom. The molecule has 11 heavy (non-hydrogen) atoms. The maximum atomic E-state index is 10.2. The van der Waals surface area contributed by atoms with E-state index in [0.717, 1.165) is 19.3 Å². The molecule has 1 atom stereocenters. The molecule has 0 fully saturated rings. The van der Waals surface area contributed by atoms with Gasteiger partial charge in [0, 0.05) is 6.80 Å². The molecule has 0 radical (unpaired) electrons. The van der Waals surface area contributed by atoms with Gasteiger partial charge in [-0.2, -0.15) is 0 Å². The summed E-state index contributed by atoms with van der Waals surface area (Å²) in [6.07, 6.45) is 2.79. The van der Waals surface area contributed by atoms with Gasteiger partial charge in [-0.05, 0) is 6.42 Å². The fraction of sp³-hybridized carbons (Fsp3) is 1.00. The van der Waals surface area contributed by atoms with Gasteiger partial charge in [0.1, 0.15) is 0 Å². The number of hydrogen-bond acceptors (Lipinski definition) is 4. The summed E-state index contributed by atoms with van der Waals surface area (Å²) in [5.41, 5.74) is 0. The van der Waals surface area contributed by atoms with Gasteiger partial charge >= 0.3 is 19.5 Å². The number of rotatable bonds is 5. The van der Waals surface area contributed by atoms with Gasteiger partial charge < -0.3 is 26.2 Å². The van der Waals surface area contributed by atoms with Crippen molar-refractivity contribution in [3.8, 4) is 0 Å². The second kappa shape index (κ2) is 7.76. The average Bonchev–Trinajstić information content (AvgIpc) is 1.78. The van der Waals surface area contributed by atoms with E-state index in [4.69, 9.17) is 0 Å². The minimum absolute atomic E-state index is 0. The zero-order chi connectivity index (χ0) is 8.04. The largest absolute Gasteiger partial charge is 2.00 e. The molecular weight excluding hydrogens is 236 g/mol. The molecule has 0 saturated heterocycles. The molecule has 0 aromatic rings. The van der Waals surface area contributed by atoms with Crippen LogP contribution in [0.2, 0.25) is 0 Å². The van der Waals surface area contributed by atoms with Crippen LogP contribution in [0, 0.1) is 0 Å². The van der Waals surface area contributed by atoms with Crippen molar-refractivity contribution in [2.75, 3.05) is 6.61 Å². The van der Waals surface area contributed by atoms with E-state index in [1.165, 1.54) is 0 Å². The molecule has 0 N–H and O–H groups in total. The SMILES string of the molecule is CCCCCOP(=O)([O-])[S-].[Zn+2]. The van der Waals surface area contributed by atoms with Gasteiger partial charge in [-0.25, -0.2) is 0 Å². The van der Waals surface area contributed by atoms with Crippen molar-refractivity contribution in [1.29, 1.82) is 0 Å². The third-order valence-corrected chi connectivity index (χ3v) is 1.81. The van der Waals surface area contributed by atoms with Crippen molar-refractivity contribution in [2.24, 2.45) is 0 Å². The minimum Gasteiger partial charge on any atom is -0.797 e. The van der Waals surface area contributed by atoms with Gasteiger partial charge in [-0.3, -0.25) is 0 Å². The quantitative estimate of drug-likeness (QED) is 0.317. The van der Waals surface area contributed by atoms with E-state index in [0.29, 0.717) is 0 Å². The average molecular weight is 248 g/mol. The smallest absolute Gasteiger partial charge is 0.797 e. The summed E-state index contributed by atoms with van der Waals surface area (Å²) in [5, 5.41) is 0. The van der Waals surface area contributed by atoms with Crippen molar-refractivity contribution >= 4 is 19.0 Å². The molecule has 0 spiro atoms. The van der Waals surface area contributed by atoms with Crippen molar-refractivity contribution in [3.63, 3.8) is 0 Å². The zero-order valence-corrected chi connectivity index (χ0v) is 11.3. The summed E-state index contributed by atoms with van der Waals surface area (Å²) in [6.45, 7) is -1.61. The summed E-state index contributed by atoms with van der Waals surface area (Å²) in [5.74, 6) is 0. The summed E-state index contributed by atoms with van der Waals surface area (Å²) < 4.78 is 14.6. The topological polar surface area (TPSA) is 49.4 Å². The molecule has 0 aliphatic heterocycles. The van der Waals surface area contributed by atoms with Crippen LogP contribution in [0.15, 0.2) is 0 Å². The van der Waals surface area contributed by atoms with E-state index >= 15 is 0 Å². The zero-order valence-electron chi connectivity index (χ0n) is 6.62. The Bertz CT molecular complexity index is 127. The fourth-order valence-electron chi connectivity index (χ4n) is 0.528. The molecule has 0 aliphatic rings. The fourth-order valence-corrected chi connectivity index (χ4v) is 1.10. The Labute approximate surface area is 85.4 Å². The van der Waals surface area contributed by atoms with E-state index in [9.17, 15) is 9.46 Å². The van der Waals surface area contributed by atoms with E-state index in [-0.39, 0.29) is 26.1 Å². The van der Waals surface area contributed by atoms with Gasteiger partial charge in [-0.1, -0.05) is 19.8 Å². The Hall–Kier alpha value is 1.12. The van der Waals surface area contributed by atoms with E-state index in [2.05, 4.69) is 16.8 Å². The molecule has 0 saturated carbocycles. The van der Waals surface area contributed by atoms with E-state index < -0.39 is 6.80 Å². The Morgan fingerprint density at radius 3 is 2.45 bits per heavy atom. The Morgan fingerprint density at radius 1 is 1.55 bits per heavy atom. The molecule has 0 amide bonds. The van der Waals surface area contributed by atoms with Crippen molar-refractivity contribution < 1.29 is 33.5 Å². The molecule has 3 nitrogen and oxygen atoms in total. The molecule has 0 aromatic carbocycles. The molecular formula is C5H11O3PSZn. The standard InChI is InChI=1S/C5H13O3PS.Zn/c1-2-3-4-5-8-9(6,7)10;/h2-5H2,1H3,(H2,6,7,10);/q;+2/p-2. The Kier molecular flexibility index (Phi) is 10.3. The third-order valence-electron chi connectivity index (χ3n) is 0.997. The van der Waals surface area contributed by atoms with Crippen LogP contribution in [-0.4, -0.2) is 6.61 Å². The molecule has 0 aromatic heterocycles. The minimum atomic E-state index is -3.87. The second-order valence-electron chi connectivity index (χ2n) is 1.99. The molecule has 0 bridgehead atoms. The third kappa shape index (κ3) is 14.0. The molecule has 6 heteroatoms. The predicted octanol–water partition coefficient (Wildman–Crippen LogP) is 1.21. The maximum Gasteiger partial charge on any atom is 2.00 e. The molecule has 0 rings (SSSR count). The molecule has 0 heterocycles. The first-order chi connectivity index (χ1) is 4.56. The first-order valence-electron chi connectivity index (χ1n) is 3.23. The van der Waals surface area contributed by atoms with E-state index in [1.807, 2.05) is 6.92 Å². The second-order valence-corrected chi connectivity index (χ2v) is 4.48. The summed E-state index contributed by atoms with van der Waals surface area (Å²) in [6, 6.07) is 0.